The third kappa shape index (κ3) is 2.72. The van der Waals surface area contributed by atoms with Crippen molar-refractivity contribution in [2.24, 2.45) is 5.11 Å². The molecule has 3 heterocycles. The van der Waals surface area contributed by atoms with E-state index in [0.29, 0.717) is 29.4 Å². The summed E-state index contributed by atoms with van der Waals surface area (Å²) in [5.41, 5.74) is 15.8. The maximum absolute atomic E-state index is 9.44. The molecule has 0 amide bonds. The third-order valence-electron chi connectivity index (χ3n) is 4.74. The van der Waals surface area contributed by atoms with E-state index < -0.39 is 18.4 Å². The zero-order valence-electron chi connectivity index (χ0n) is 13.7. The number of anilines is 2. The zero-order chi connectivity index (χ0) is 17.6. The maximum atomic E-state index is 9.44. The molecule has 3 atom stereocenters. The van der Waals surface area contributed by atoms with Crippen molar-refractivity contribution < 1.29 is 9.84 Å². The highest BCUT2D eigenvalue weighted by Crippen LogP contribution is 2.36. The van der Waals surface area contributed by atoms with Gasteiger partial charge in [-0.05, 0) is 18.4 Å². The van der Waals surface area contributed by atoms with Gasteiger partial charge in [-0.2, -0.15) is 9.97 Å². The monoisotopic (exact) mass is 345 g/mol. The number of fused-ring (bicyclic) bond motifs is 1. The molecule has 3 unspecified atom stereocenters. The maximum Gasteiger partial charge on any atom is 0.224 e. The average Bonchev–Trinajstić information content (AvgIpc) is 3.25. The lowest BCUT2D eigenvalue weighted by Gasteiger charge is -2.18. The fourth-order valence-electron chi connectivity index (χ4n) is 3.25. The van der Waals surface area contributed by atoms with E-state index in [2.05, 4.69) is 29.9 Å². The van der Waals surface area contributed by atoms with Crippen LogP contribution in [0.4, 0.5) is 11.8 Å². The fraction of sp³-hybridized carbons (Fsp3) is 0.643. The second-order valence-corrected chi connectivity index (χ2v) is 6.39. The summed E-state index contributed by atoms with van der Waals surface area (Å²) in [6, 6.07) is 0.0174. The Kier molecular flexibility index (Phi) is 3.83. The Hall–Kier alpha value is -2.62. The quantitative estimate of drug-likeness (QED) is 0.465. The Morgan fingerprint density at radius 1 is 1.52 bits per heavy atom. The van der Waals surface area contributed by atoms with Crippen LogP contribution in [-0.4, -0.2) is 56.5 Å². The average molecular weight is 345 g/mol. The molecule has 132 valence electrons. The molecule has 0 spiro atoms. The molecule has 25 heavy (non-hydrogen) atoms. The molecule has 1 saturated heterocycles. The molecule has 3 N–H and O–H groups in total. The van der Waals surface area contributed by atoms with E-state index in [-0.39, 0.29) is 12.6 Å². The summed E-state index contributed by atoms with van der Waals surface area (Å²) in [5, 5.41) is 13.1. The summed E-state index contributed by atoms with van der Waals surface area (Å²) in [6.07, 6.45) is 3.32. The van der Waals surface area contributed by atoms with Gasteiger partial charge in [-0.1, -0.05) is 5.11 Å². The Morgan fingerprint density at radius 2 is 2.32 bits per heavy atom. The van der Waals surface area contributed by atoms with Gasteiger partial charge in [-0.25, -0.2) is 4.98 Å². The molecular weight excluding hydrogens is 326 g/mol. The molecule has 0 bridgehead atoms. The minimum Gasteiger partial charge on any atom is -0.394 e. The summed E-state index contributed by atoms with van der Waals surface area (Å²) >= 11 is 0. The molecule has 2 fully saturated rings. The predicted molar refractivity (Wildman–Crippen MR) is 89.7 cm³/mol. The summed E-state index contributed by atoms with van der Waals surface area (Å²) in [5.74, 6) is 0.868. The molecule has 11 nitrogen and oxygen atoms in total. The Bertz CT molecular complexity index is 842. The van der Waals surface area contributed by atoms with Gasteiger partial charge in [0.25, 0.3) is 0 Å². The van der Waals surface area contributed by atoms with Gasteiger partial charge in [-0.15, -0.1) is 0 Å². The van der Waals surface area contributed by atoms with Crippen LogP contribution >= 0.6 is 0 Å². The van der Waals surface area contributed by atoms with E-state index in [4.69, 9.17) is 16.0 Å². The number of nitrogen functional groups attached to an aromatic ring is 1. The van der Waals surface area contributed by atoms with Crippen molar-refractivity contribution >= 4 is 22.9 Å². The molecule has 1 aliphatic heterocycles. The number of nitrogens with two attached hydrogens (primary N) is 1. The number of hydrogen-bond acceptors (Lipinski definition) is 8. The van der Waals surface area contributed by atoms with Crippen molar-refractivity contribution in [3.8, 4) is 0 Å². The van der Waals surface area contributed by atoms with Crippen LogP contribution in [-0.2, 0) is 4.74 Å². The predicted octanol–water partition coefficient (Wildman–Crippen LogP) is 0.966. The smallest absolute Gasteiger partial charge is 0.224 e. The first kappa shape index (κ1) is 15.9. The molecular formula is C14H19N9O2. The Labute approximate surface area is 143 Å². The van der Waals surface area contributed by atoms with Crippen LogP contribution in [0.15, 0.2) is 11.4 Å². The number of imidazole rings is 1. The van der Waals surface area contributed by atoms with E-state index in [1.54, 1.807) is 10.9 Å². The molecule has 0 radical (unpaired) electrons. The van der Waals surface area contributed by atoms with Crippen LogP contribution in [0.2, 0.25) is 0 Å². The van der Waals surface area contributed by atoms with E-state index in [0.717, 1.165) is 12.8 Å². The van der Waals surface area contributed by atoms with Crippen molar-refractivity contribution in [3.05, 3.63) is 16.8 Å². The van der Waals surface area contributed by atoms with Crippen molar-refractivity contribution in [2.75, 3.05) is 24.3 Å². The first-order valence-electron chi connectivity index (χ1n) is 8.15. The van der Waals surface area contributed by atoms with Gasteiger partial charge in [0.05, 0.1) is 25.1 Å². The summed E-state index contributed by atoms with van der Waals surface area (Å²) in [6.45, 7) is -0.223. The van der Waals surface area contributed by atoms with E-state index in [1.807, 2.05) is 7.05 Å². The first-order chi connectivity index (χ1) is 12.1. The fourth-order valence-corrected chi connectivity index (χ4v) is 3.25. The molecule has 0 aromatic carbocycles. The molecule has 1 saturated carbocycles. The lowest BCUT2D eigenvalue weighted by Crippen LogP contribution is -2.23. The number of aromatic nitrogens is 4. The van der Waals surface area contributed by atoms with Gasteiger partial charge in [-0.3, -0.25) is 4.57 Å². The number of hydrogen-bond donors (Lipinski definition) is 2. The second kappa shape index (κ2) is 6.03. The van der Waals surface area contributed by atoms with E-state index in [9.17, 15) is 5.11 Å². The molecule has 2 aliphatic rings. The number of azide groups is 1. The van der Waals surface area contributed by atoms with Crippen LogP contribution in [0.1, 0.15) is 25.5 Å². The minimum absolute atomic E-state index is 0.167. The number of aliphatic hydroxyl groups is 1. The van der Waals surface area contributed by atoms with Gasteiger partial charge < -0.3 is 20.5 Å². The van der Waals surface area contributed by atoms with Crippen LogP contribution in [0, 0.1) is 0 Å². The second-order valence-electron chi connectivity index (χ2n) is 6.39. The SMILES string of the molecule is CN(c1nc(N)nc2c1ncn2C1CC(N=[N+]=[N-])C(CO)O1)C1CC1. The van der Waals surface area contributed by atoms with Gasteiger partial charge >= 0.3 is 0 Å². The summed E-state index contributed by atoms with van der Waals surface area (Å²) in [7, 11) is 1.98. The Morgan fingerprint density at radius 3 is 3.00 bits per heavy atom. The summed E-state index contributed by atoms with van der Waals surface area (Å²) < 4.78 is 7.58. The Balaban J connectivity index is 1.72. The van der Waals surface area contributed by atoms with Gasteiger partial charge in [0, 0.05) is 24.4 Å². The van der Waals surface area contributed by atoms with Crippen LogP contribution in [0.25, 0.3) is 21.6 Å². The molecule has 2 aromatic heterocycles. The van der Waals surface area contributed by atoms with E-state index in [1.165, 1.54) is 0 Å². The lowest BCUT2D eigenvalue weighted by atomic mass is 10.1. The lowest BCUT2D eigenvalue weighted by molar-refractivity contribution is -0.0232. The topological polar surface area (TPSA) is 151 Å². The zero-order valence-corrected chi connectivity index (χ0v) is 13.7. The number of rotatable bonds is 5. The molecule has 11 heteroatoms. The summed E-state index contributed by atoms with van der Waals surface area (Å²) in [4.78, 5) is 18.0. The molecule has 2 aromatic rings. The van der Waals surface area contributed by atoms with Crippen molar-refractivity contribution in [1.82, 2.24) is 19.5 Å². The van der Waals surface area contributed by atoms with Crippen molar-refractivity contribution in [3.63, 3.8) is 0 Å². The standard InChI is InChI=1S/C14H19N9O2/c1-22(7-2-3-7)12-11-13(19-14(15)18-12)23(6-17-11)10-4-8(20-21-16)9(5-24)25-10/h6-10,24H,2-5H2,1H3,(H2,15,18,19). The van der Waals surface area contributed by atoms with Crippen LogP contribution in [0.5, 0.6) is 0 Å². The number of ether oxygens (including phenoxy) is 1. The third-order valence-corrected chi connectivity index (χ3v) is 4.74. The highest BCUT2D eigenvalue weighted by atomic mass is 16.5. The van der Waals surface area contributed by atoms with E-state index >= 15 is 0 Å². The van der Waals surface area contributed by atoms with Gasteiger partial charge in [0.15, 0.2) is 17.0 Å². The highest BCUT2D eigenvalue weighted by molar-refractivity contribution is 5.85. The molecule has 4 rings (SSSR count). The number of aliphatic hydroxyl groups excluding tert-OH is 1. The van der Waals surface area contributed by atoms with Crippen LogP contribution < -0.4 is 10.6 Å². The van der Waals surface area contributed by atoms with Gasteiger partial charge in [0.2, 0.25) is 5.95 Å². The van der Waals surface area contributed by atoms with Crippen molar-refractivity contribution in [2.45, 2.75) is 43.7 Å². The minimum atomic E-state index is -0.550. The highest BCUT2D eigenvalue weighted by Gasteiger charge is 2.37. The van der Waals surface area contributed by atoms with Crippen molar-refractivity contribution in [1.29, 1.82) is 0 Å². The molecule has 1 aliphatic carbocycles. The van der Waals surface area contributed by atoms with Gasteiger partial charge in [0.1, 0.15) is 6.23 Å². The largest absolute Gasteiger partial charge is 0.394 e. The van der Waals surface area contributed by atoms with Crippen LogP contribution in [0.3, 0.4) is 0 Å². The first-order valence-corrected chi connectivity index (χ1v) is 8.15. The normalized spacial score (nSPS) is 25.9. The number of nitrogens with zero attached hydrogens (tertiary/aromatic N) is 8.